The first-order valence-electron chi connectivity index (χ1n) is 7.23. The second-order valence-electron chi connectivity index (χ2n) is 5.57. The van der Waals surface area contributed by atoms with Gasteiger partial charge in [0.2, 0.25) is 0 Å². The van der Waals surface area contributed by atoms with Crippen LogP contribution in [0.4, 0.5) is 21.5 Å². The smallest absolute Gasteiger partial charge is 0.123 e. The number of halogens is 1. The lowest BCUT2D eigenvalue weighted by atomic mass is 9.83. The van der Waals surface area contributed by atoms with Gasteiger partial charge >= 0.3 is 0 Å². The Bertz CT molecular complexity index is 636. The maximum Gasteiger partial charge on any atom is 0.123 e. The summed E-state index contributed by atoms with van der Waals surface area (Å²) in [6.07, 6.45) is 2.38. The summed E-state index contributed by atoms with van der Waals surface area (Å²) in [5, 5.41) is 3.50. The summed E-state index contributed by atoms with van der Waals surface area (Å²) in [4.78, 5) is 2.31. The van der Waals surface area contributed by atoms with Gasteiger partial charge < -0.3 is 10.2 Å². The molecule has 1 unspecified atom stereocenters. The SMILES string of the molecule is Fc1ccc(N2CCC3CCNc4cccc2c43)cc1. The number of benzene rings is 2. The van der Waals surface area contributed by atoms with Crippen LogP contribution in [-0.2, 0) is 0 Å². The molecule has 2 heterocycles. The van der Waals surface area contributed by atoms with E-state index in [0.29, 0.717) is 5.92 Å². The first kappa shape index (κ1) is 11.8. The third-order valence-corrected chi connectivity index (χ3v) is 4.43. The molecule has 4 rings (SSSR count). The molecule has 0 saturated heterocycles. The summed E-state index contributed by atoms with van der Waals surface area (Å²) in [5.74, 6) is 0.486. The molecule has 2 nitrogen and oxygen atoms in total. The Morgan fingerprint density at radius 3 is 2.75 bits per heavy atom. The van der Waals surface area contributed by atoms with Gasteiger partial charge in [0, 0.05) is 35.7 Å². The summed E-state index contributed by atoms with van der Waals surface area (Å²) in [5.41, 5.74) is 5.06. The highest BCUT2D eigenvalue weighted by molar-refractivity contribution is 5.76. The van der Waals surface area contributed by atoms with E-state index in [1.807, 2.05) is 12.1 Å². The van der Waals surface area contributed by atoms with E-state index in [1.165, 1.54) is 41.9 Å². The Morgan fingerprint density at radius 1 is 1.05 bits per heavy atom. The third-order valence-electron chi connectivity index (χ3n) is 4.43. The van der Waals surface area contributed by atoms with Crippen molar-refractivity contribution in [3.05, 3.63) is 53.8 Å². The predicted molar refractivity (Wildman–Crippen MR) is 80.3 cm³/mol. The van der Waals surface area contributed by atoms with Crippen molar-refractivity contribution in [1.29, 1.82) is 0 Å². The van der Waals surface area contributed by atoms with Gasteiger partial charge in [0.05, 0.1) is 0 Å². The molecule has 0 aromatic heterocycles. The Labute approximate surface area is 118 Å². The van der Waals surface area contributed by atoms with Crippen LogP contribution in [0.2, 0.25) is 0 Å². The molecule has 3 heteroatoms. The van der Waals surface area contributed by atoms with E-state index in [0.717, 1.165) is 18.8 Å². The van der Waals surface area contributed by atoms with Crippen LogP contribution in [-0.4, -0.2) is 13.1 Å². The van der Waals surface area contributed by atoms with Gasteiger partial charge in [-0.3, -0.25) is 0 Å². The van der Waals surface area contributed by atoms with Gasteiger partial charge in [-0.25, -0.2) is 4.39 Å². The second kappa shape index (κ2) is 4.51. The van der Waals surface area contributed by atoms with Crippen LogP contribution in [0.3, 0.4) is 0 Å². The zero-order valence-electron chi connectivity index (χ0n) is 11.3. The first-order valence-corrected chi connectivity index (χ1v) is 7.23. The molecular formula is C17H17FN2. The number of hydrogen-bond donors (Lipinski definition) is 1. The fourth-order valence-electron chi connectivity index (χ4n) is 3.48. The minimum Gasteiger partial charge on any atom is -0.385 e. The normalized spacial score (nSPS) is 20.2. The molecule has 0 bridgehead atoms. The van der Waals surface area contributed by atoms with Crippen molar-refractivity contribution in [1.82, 2.24) is 0 Å². The van der Waals surface area contributed by atoms with E-state index < -0.39 is 0 Å². The summed E-state index contributed by atoms with van der Waals surface area (Å²) in [6.45, 7) is 2.07. The van der Waals surface area contributed by atoms with Crippen molar-refractivity contribution in [3.63, 3.8) is 0 Å². The summed E-state index contributed by atoms with van der Waals surface area (Å²) >= 11 is 0. The lowest BCUT2D eigenvalue weighted by Crippen LogP contribution is -2.30. The van der Waals surface area contributed by atoms with Crippen molar-refractivity contribution in [2.75, 3.05) is 23.3 Å². The largest absolute Gasteiger partial charge is 0.385 e. The van der Waals surface area contributed by atoms with Crippen LogP contribution < -0.4 is 10.2 Å². The molecule has 102 valence electrons. The van der Waals surface area contributed by atoms with E-state index >= 15 is 0 Å². The molecule has 2 aliphatic heterocycles. The molecule has 1 N–H and O–H groups in total. The number of hydrogen-bond acceptors (Lipinski definition) is 2. The predicted octanol–water partition coefficient (Wildman–Crippen LogP) is 4.27. The zero-order chi connectivity index (χ0) is 13.5. The minimum absolute atomic E-state index is 0.180. The van der Waals surface area contributed by atoms with E-state index in [4.69, 9.17) is 0 Å². The standard InChI is InChI=1S/C17H17FN2/c18-13-4-6-14(7-5-13)20-11-9-12-8-10-19-15-2-1-3-16(20)17(12)15/h1-7,12,19H,8-11H2. The summed E-state index contributed by atoms with van der Waals surface area (Å²) in [7, 11) is 0. The number of rotatable bonds is 1. The van der Waals surface area contributed by atoms with E-state index in [2.05, 4.69) is 28.4 Å². The van der Waals surface area contributed by atoms with Crippen LogP contribution in [0.25, 0.3) is 0 Å². The van der Waals surface area contributed by atoms with E-state index in [9.17, 15) is 4.39 Å². The van der Waals surface area contributed by atoms with E-state index in [-0.39, 0.29) is 5.82 Å². The van der Waals surface area contributed by atoms with Gasteiger partial charge in [-0.05, 0) is 55.2 Å². The molecule has 20 heavy (non-hydrogen) atoms. The van der Waals surface area contributed by atoms with Crippen LogP contribution >= 0.6 is 0 Å². The highest BCUT2D eigenvalue weighted by Crippen LogP contribution is 2.46. The minimum atomic E-state index is -0.180. The van der Waals surface area contributed by atoms with Crippen molar-refractivity contribution >= 4 is 17.1 Å². The average molecular weight is 268 g/mol. The lowest BCUT2D eigenvalue weighted by Gasteiger charge is -2.39. The quantitative estimate of drug-likeness (QED) is 0.831. The summed E-state index contributed by atoms with van der Waals surface area (Å²) < 4.78 is 13.1. The molecule has 0 radical (unpaired) electrons. The lowest BCUT2D eigenvalue weighted by molar-refractivity contribution is 0.561. The van der Waals surface area contributed by atoms with Crippen molar-refractivity contribution in [3.8, 4) is 0 Å². The number of anilines is 3. The maximum absolute atomic E-state index is 13.1. The molecule has 1 atom stereocenters. The Kier molecular flexibility index (Phi) is 2.66. The Balaban J connectivity index is 1.82. The Morgan fingerprint density at radius 2 is 1.90 bits per heavy atom. The molecule has 0 fully saturated rings. The first-order chi connectivity index (χ1) is 9.83. The molecule has 2 aliphatic rings. The van der Waals surface area contributed by atoms with Crippen molar-refractivity contribution in [2.45, 2.75) is 18.8 Å². The van der Waals surface area contributed by atoms with Crippen molar-refractivity contribution in [2.24, 2.45) is 0 Å². The second-order valence-corrected chi connectivity index (χ2v) is 5.57. The van der Waals surface area contributed by atoms with Gasteiger partial charge in [0.15, 0.2) is 0 Å². The molecule has 0 spiro atoms. The number of nitrogens with one attached hydrogen (secondary N) is 1. The fourth-order valence-corrected chi connectivity index (χ4v) is 3.48. The van der Waals surface area contributed by atoms with E-state index in [1.54, 1.807) is 0 Å². The van der Waals surface area contributed by atoms with Gasteiger partial charge in [-0.1, -0.05) is 6.07 Å². The topological polar surface area (TPSA) is 15.3 Å². The van der Waals surface area contributed by atoms with Gasteiger partial charge in [0.1, 0.15) is 5.82 Å². The monoisotopic (exact) mass is 268 g/mol. The Hall–Kier alpha value is -2.03. The summed E-state index contributed by atoms with van der Waals surface area (Å²) in [6, 6.07) is 13.3. The van der Waals surface area contributed by atoms with Gasteiger partial charge in [0.25, 0.3) is 0 Å². The molecule has 0 saturated carbocycles. The van der Waals surface area contributed by atoms with Crippen LogP contribution in [0.5, 0.6) is 0 Å². The van der Waals surface area contributed by atoms with Gasteiger partial charge in [-0.15, -0.1) is 0 Å². The highest BCUT2D eigenvalue weighted by atomic mass is 19.1. The average Bonchev–Trinajstić information content (AvgIpc) is 2.49. The zero-order valence-corrected chi connectivity index (χ0v) is 11.3. The fraction of sp³-hybridized carbons (Fsp3) is 0.294. The molecular weight excluding hydrogens is 251 g/mol. The molecule has 2 aromatic carbocycles. The molecule has 0 aliphatic carbocycles. The molecule has 0 amide bonds. The number of nitrogens with zero attached hydrogens (tertiary/aromatic N) is 1. The maximum atomic E-state index is 13.1. The van der Waals surface area contributed by atoms with Crippen LogP contribution in [0, 0.1) is 5.82 Å². The van der Waals surface area contributed by atoms with Gasteiger partial charge in [-0.2, -0.15) is 0 Å². The molecule has 2 aromatic rings. The van der Waals surface area contributed by atoms with Crippen LogP contribution in [0.1, 0.15) is 24.3 Å². The van der Waals surface area contributed by atoms with Crippen LogP contribution in [0.15, 0.2) is 42.5 Å². The third kappa shape index (κ3) is 1.77. The van der Waals surface area contributed by atoms with Crippen molar-refractivity contribution < 1.29 is 4.39 Å². The highest BCUT2D eigenvalue weighted by Gasteiger charge is 2.30.